The third-order valence-corrected chi connectivity index (χ3v) is 3.35. The number of ketones is 1. The van der Waals surface area contributed by atoms with E-state index in [1.165, 1.54) is 13.2 Å². The van der Waals surface area contributed by atoms with Crippen molar-refractivity contribution in [3.8, 4) is 11.3 Å². The fourth-order valence-electron chi connectivity index (χ4n) is 2.37. The number of hydrogen-bond donors (Lipinski definition) is 0. The average molecular weight is 261 g/mol. The van der Waals surface area contributed by atoms with E-state index in [0.29, 0.717) is 24.2 Å². The van der Waals surface area contributed by atoms with Crippen LogP contribution in [0.2, 0.25) is 0 Å². The number of hydrogen-bond acceptors (Lipinski definition) is 4. The molecular formula is C14H12FNO3. The molecule has 1 unspecified atom stereocenters. The largest absolute Gasteiger partial charge is 0.373 e. The number of Topliss-reactive ketones (excluding diaryl/α,β-unsaturated/α-hetero) is 1. The summed E-state index contributed by atoms with van der Waals surface area (Å²) in [7, 11) is 1.49. The number of carbonyl (C=O) groups is 1. The molecule has 1 atom stereocenters. The first-order chi connectivity index (χ1) is 9.22. The van der Waals surface area contributed by atoms with Gasteiger partial charge in [-0.05, 0) is 18.6 Å². The van der Waals surface area contributed by atoms with Crippen LogP contribution in [-0.4, -0.2) is 24.2 Å². The first kappa shape index (κ1) is 12.0. The van der Waals surface area contributed by atoms with Crippen molar-refractivity contribution in [3.05, 3.63) is 41.4 Å². The molecule has 1 aliphatic rings. The second-order valence-electron chi connectivity index (χ2n) is 4.44. The van der Waals surface area contributed by atoms with E-state index in [4.69, 9.17) is 9.26 Å². The molecule has 19 heavy (non-hydrogen) atoms. The molecule has 0 radical (unpaired) electrons. The van der Waals surface area contributed by atoms with E-state index in [1.54, 1.807) is 18.2 Å². The first-order valence-corrected chi connectivity index (χ1v) is 6.03. The van der Waals surface area contributed by atoms with E-state index in [-0.39, 0.29) is 17.0 Å². The molecule has 0 saturated heterocycles. The number of carbonyl (C=O) groups excluding carboxylic acids is 1. The molecule has 0 fully saturated rings. The van der Waals surface area contributed by atoms with Crippen molar-refractivity contribution in [1.29, 1.82) is 0 Å². The molecule has 1 aromatic heterocycles. The van der Waals surface area contributed by atoms with Crippen LogP contribution in [0.3, 0.4) is 0 Å². The Balaban J connectivity index is 2.14. The number of benzene rings is 1. The van der Waals surface area contributed by atoms with Crippen LogP contribution in [0.4, 0.5) is 4.39 Å². The third-order valence-electron chi connectivity index (χ3n) is 3.35. The van der Waals surface area contributed by atoms with E-state index < -0.39 is 11.9 Å². The highest BCUT2D eigenvalue weighted by atomic mass is 19.1. The van der Waals surface area contributed by atoms with Gasteiger partial charge >= 0.3 is 0 Å². The number of aryl methyl sites for hydroxylation is 1. The molecule has 0 aliphatic heterocycles. The summed E-state index contributed by atoms with van der Waals surface area (Å²) in [5, 5.41) is 3.86. The van der Waals surface area contributed by atoms with Gasteiger partial charge in [0.2, 0.25) is 0 Å². The maximum Gasteiger partial charge on any atom is 0.197 e. The second-order valence-corrected chi connectivity index (χ2v) is 4.44. The zero-order valence-electron chi connectivity index (χ0n) is 10.4. The normalized spacial score (nSPS) is 18.4. The van der Waals surface area contributed by atoms with Gasteiger partial charge in [0.25, 0.3) is 0 Å². The van der Waals surface area contributed by atoms with Crippen LogP contribution < -0.4 is 0 Å². The zero-order valence-corrected chi connectivity index (χ0v) is 10.4. The van der Waals surface area contributed by atoms with Crippen molar-refractivity contribution in [3.63, 3.8) is 0 Å². The number of ether oxygens (including phenoxy) is 1. The van der Waals surface area contributed by atoms with Crippen LogP contribution in [0.5, 0.6) is 0 Å². The molecule has 1 heterocycles. The molecule has 98 valence electrons. The average Bonchev–Trinajstić information content (AvgIpc) is 2.84. The molecule has 2 aromatic rings. The predicted molar refractivity (Wildman–Crippen MR) is 65.3 cm³/mol. The van der Waals surface area contributed by atoms with Crippen LogP contribution >= 0.6 is 0 Å². The van der Waals surface area contributed by atoms with Crippen LogP contribution in [0, 0.1) is 5.82 Å². The molecule has 0 N–H and O–H groups in total. The van der Waals surface area contributed by atoms with Crippen molar-refractivity contribution < 1.29 is 18.4 Å². The molecular weight excluding hydrogens is 249 g/mol. The summed E-state index contributed by atoms with van der Waals surface area (Å²) in [6, 6.07) is 6.19. The lowest BCUT2D eigenvalue weighted by Gasteiger charge is -2.18. The highest BCUT2D eigenvalue weighted by Gasteiger charge is 2.34. The lowest BCUT2D eigenvalue weighted by atomic mass is 9.90. The number of rotatable bonds is 2. The third kappa shape index (κ3) is 1.86. The van der Waals surface area contributed by atoms with Crippen LogP contribution in [0.15, 0.2) is 28.8 Å². The summed E-state index contributed by atoms with van der Waals surface area (Å²) in [5.74, 6) is -0.106. The quantitative estimate of drug-likeness (QED) is 0.833. The fourth-order valence-corrected chi connectivity index (χ4v) is 2.37. The van der Waals surface area contributed by atoms with Gasteiger partial charge in [0, 0.05) is 19.1 Å². The van der Waals surface area contributed by atoms with Gasteiger partial charge < -0.3 is 9.26 Å². The van der Waals surface area contributed by atoms with E-state index in [9.17, 15) is 9.18 Å². The molecule has 3 rings (SSSR count). The summed E-state index contributed by atoms with van der Waals surface area (Å²) in [6.45, 7) is 0. The molecule has 1 aliphatic carbocycles. The van der Waals surface area contributed by atoms with Crippen molar-refractivity contribution in [2.24, 2.45) is 0 Å². The summed E-state index contributed by atoms with van der Waals surface area (Å²) in [4.78, 5) is 12.3. The maximum atomic E-state index is 13.8. The van der Waals surface area contributed by atoms with Gasteiger partial charge in [0.05, 0.1) is 5.56 Å². The van der Waals surface area contributed by atoms with Crippen molar-refractivity contribution in [2.75, 3.05) is 7.11 Å². The highest BCUT2D eigenvalue weighted by molar-refractivity contribution is 6.05. The van der Waals surface area contributed by atoms with E-state index in [0.717, 1.165) is 0 Å². The molecule has 0 saturated carbocycles. The van der Waals surface area contributed by atoms with Crippen molar-refractivity contribution >= 4 is 5.78 Å². The van der Waals surface area contributed by atoms with Gasteiger partial charge in [-0.25, -0.2) is 4.39 Å². The second kappa shape index (κ2) is 4.59. The summed E-state index contributed by atoms with van der Waals surface area (Å²) in [6.07, 6.45) is 0.632. The minimum atomic E-state index is -0.502. The number of aromatic nitrogens is 1. The minimum Gasteiger partial charge on any atom is -0.373 e. The summed E-state index contributed by atoms with van der Waals surface area (Å²) < 4.78 is 24.1. The Kier molecular flexibility index (Phi) is 2.91. The Hall–Kier alpha value is -2.01. The number of methoxy groups -OCH3 is 1. The van der Waals surface area contributed by atoms with Gasteiger partial charge in [0.1, 0.15) is 23.4 Å². The maximum absolute atomic E-state index is 13.8. The topological polar surface area (TPSA) is 52.3 Å². The monoisotopic (exact) mass is 261 g/mol. The van der Waals surface area contributed by atoms with Crippen molar-refractivity contribution in [2.45, 2.75) is 18.9 Å². The number of halogens is 1. The minimum absolute atomic E-state index is 0.191. The molecule has 0 bridgehead atoms. The fraction of sp³-hybridized carbons (Fsp3) is 0.286. The van der Waals surface area contributed by atoms with Gasteiger partial charge in [-0.3, -0.25) is 4.79 Å². The first-order valence-electron chi connectivity index (χ1n) is 6.03. The number of fused-ring (bicyclic) bond motifs is 1. The lowest BCUT2D eigenvalue weighted by molar-refractivity contribution is 0.0549. The molecule has 4 nitrogen and oxygen atoms in total. The molecule has 5 heteroatoms. The Morgan fingerprint density at radius 3 is 2.95 bits per heavy atom. The number of nitrogens with zero attached hydrogens (tertiary/aromatic N) is 1. The van der Waals surface area contributed by atoms with Crippen LogP contribution in [0.25, 0.3) is 11.3 Å². The summed E-state index contributed by atoms with van der Waals surface area (Å²) >= 11 is 0. The van der Waals surface area contributed by atoms with Crippen LogP contribution in [0.1, 0.15) is 22.5 Å². The smallest absolute Gasteiger partial charge is 0.197 e. The Morgan fingerprint density at radius 2 is 2.21 bits per heavy atom. The van der Waals surface area contributed by atoms with E-state index >= 15 is 0 Å². The highest BCUT2D eigenvalue weighted by Crippen LogP contribution is 2.33. The SMILES string of the molecule is COC1CCc2onc(-c3ccccc3F)c2C1=O. The molecule has 0 spiro atoms. The molecule has 1 aromatic carbocycles. The van der Waals surface area contributed by atoms with Crippen molar-refractivity contribution in [1.82, 2.24) is 5.16 Å². The Bertz CT molecular complexity index is 635. The van der Waals surface area contributed by atoms with E-state index in [2.05, 4.69) is 5.16 Å². The van der Waals surface area contributed by atoms with E-state index in [1.807, 2.05) is 0 Å². The van der Waals surface area contributed by atoms with Gasteiger partial charge in [-0.15, -0.1) is 0 Å². The van der Waals surface area contributed by atoms with Gasteiger partial charge in [0.15, 0.2) is 5.78 Å². The predicted octanol–water partition coefficient (Wildman–Crippen LogP) is 2.62. The molecule has 0 amide bonds. The Morgan fingerprint density at radius 1 is 1.42 bits per heavy atom. The van der Waals surface area contributed by atoms with Crippen LogP contribution in [-0.2, 0) is 11.2 Å². The van der Waals surface area contributed by atoms with Gasteiger partial charge in [-0.2, -0.15) is 0 Å². The van der Waals surface area contributed by atoms with Gasteiger partial charge in [-0.1, -0.05) is 17.3 Å². The summed E-state index contributed by atoms with van der Waals surface area (Å²) in [5.41, 5.74) is 0.889. The zero-order chi connectivity index (χ0) is 13.4. The Labute approximate surface area is 109 Å². The standard InChI is InChI=1S/C14H12FNO3/c1-18-11-7-6-10-12(14(11)17)13(16-19-10)8-4-2-3-5-9(8)15/h2-5,11H,6-7H2,1H3. The lowest BCUT2D eigenvalue weighted by Crippen LogP contribution is -2.28.